The van der Waals surface area contributed by atoms with Crippen molar-refractivity contribution in [1.82, 2.24) is 10.3 Å². The van der Waals surface area contributed by atoms with Crippen LogP contribution in [0.3, 0.4) is 0 Å². The molecule has 2 aromatic rings. The van der Waals surface area contributed by atoms with Gasteiger partial charge < -0.3 is 15.4 Å². The van der Waals surface area contributed by atoms with Crippen molar-refractivity contribution >= 4 is 16.8 Å². The van der Waals surface area contributed by atoms with Crippen LogP contribution in [0.15, 0.2) is 35.3 Å². The minimum Gasteiger partial charge on any atom is -0.396 e. The molecule has 112 valence electrons. The molecule has 1 atom stereocenters. The summed E-state index contributed by atoms with van der Waals surface area (Å²) >= 11 is 0. The fourth-order valence-electron chi connectivity index (χ4n) is 2.18. The summed E-state index contributed by atoms with van der Waals surface area (Å²) in [6.45, 7) is 2.60. The van der Waals surface area contributed by atoms with Gasteiger partial charge in [0.25, 0.3) is 5.91 Å². The van der Waals surface area contributed by atoms with E-state index in [1.807, 2.05) is 13.0 Å². The van der Waals surface area contributed by atoms with Crippen molar-refractivity contribution in [3.05, 3.63) is 46.2 Å². The molecule has 0 saturated heterocycles. The van der Waals surface area contributed by atoms with Gasteiger partial charge in [0.05, 0.1) is 0 Å². The van der Waals surface area contributed by atoms with Crippen molar-refractivity contribution < 1.29 is 9.90 Å². The zero-order valence-corrected chi connectivity index (χ0v) is 12.1. The topological polar surface area (TPSA) is 82.2 Å². The number of hydrogen-bond acceptors (Lipinski definition) is 3. The Morgan fingerprint density at radius 2 is 2.14 bits per heavy atom. The van der Waals surface area contributed by atoms with E-state index >= 15 is 0 Å². The van der Waals surface area contributed by atoms with Crippen LogP contribution in [-0.2, 0) is 0 Å². The van der Waals surface area contributed by atoms with E-state index in [2.05, 4.69) is 10.3 Å². The van der Waals surface area contributed by atoms with Crippen LogP contribution < -0.4 is 10.7 Å². The number of aromatic amines is 1. The maximum atomic E-state index is 12.2. The highest BCUT2D eigenvalue weighted by Gasteiger charge is 2.12. The molecule has 5 heteroatoms. The molecule has 2 rings (SSSR count). The van der Waals surface area contributed by atoms with Gasteiger partial charge in [-0.25, -0.2) is 0 Å². The average molecular weight is 288 g/mol. The Morgan fingerprint density at radius 3 is 2.90 bits per heavy atom. The zero-order valence-electron chi connectivity index (χ0n) is 12.1. The molecule has 0 spiro atoms. The number of amides is 1. The second-order valence-electron chi connectivity index (χ2n) is 5.26. The number of aromatic nitrogens is 1. The maximum absolute atomic E-state index is 12.2. The summed E-state index contributed by atoms with van der Waals surface area (Å²) in [5.41, 5.74) is 0.588. The first kappa shape index (κ1) is 15.3. The van der Waals surface area contributed by atoms with Crippen molar-refractivity contribution in [2.24, 2.45) is 5.92 Å². The van der Waals surface area contributed by atoms with Crippen LogP contribution >= 0.6 is 0 Å². The molecule has 0 bridgehead atoms. The van der Waals surface area contributed by atoms with Gasteiger partial charge in [0.2, 0.25) is 5.43 Å². The normalized spacial score (nSPS) is 12.3. The summed E-state index contributed by atoms with van der Waals surface area (Å²) in [6, 6.07) is 7.11. The van der Waals surface area contributed by atoms with Crippen LogP contribution in [-0.4, -0.2) is 29.1 Å². The number of hydrogen-bond donors (Lipinski definition) is 3. The highest BCUT2D eigenvalue weighted by atomic mass is 16.3. The summed E-state index contributed by atoms with van der Waals surface area (Å²) in [4.78, 5) is 27.3. The Balaban J connectivity index is 2.03. The van der Waals surface area contributed by atoms with E-state index in [9.17, 15) is 9.59 Å². The Labute approximate surface area is 123 Å². The summed E-state index contributed by atoms with van der Waals surface area (Å²) in [5, 5.41) is 12.2. The van der Waals surface area contributed by atoms with Crippen LogP contribution in [0.2, 0.25) is 0 Å². The van der Waals surface area contributed by atoms with Gasteiger partial charge in [-0.05, 0) is 30.9 Å². The second-order valence-corrected chi connectivity index (χ2v) is 5.26. The average Bonchev–Trinajstić information content (AvgIpc) is 2.51. The Kier molecular flexibility index (Phi) is 5.11. The molecule has 0 aliphatic rings. The van der Waals surface area contributed by atoms with E-state index in [-0.39, 0.29) is 29.4 Å². The number of aliphatic hydroxyl groups is 1. The van der Waals surface area contributed by atoms with Gasteiger partial charge >= 0.3 is 0 Å². The molecule has 5 nitrogen and oxygen atoms in total. The van der Waals surface area contributed by atoms with Crippen LogP contribution in [0, 0.1) is 5.92 Å². The first-order valence-corrected chi connectivity index (χ1v) is 7.13. The first-order valence-electron chi connectivity index (χ1n) is 7.13. The second kappa shape index (κ2) is 7.04. The quantitative estimate of drug-likeness (QED) is 0.707. The number of aliphatic hydroxyl groups excluding tert-OH is 1. The Bertz CT molecular complexity index is 679. The van der Waals surface area contributed by atoms with Crippen molar-refractivity contribution in [1.29, 1.82) is 0 Å². The van der Waals surface area contributed by atoms with Gasteiger partial charge in [0, 0.05) is 30.3 Å². The fraction of sp³-hybridized carbons (Fsp3) is 0.375. The monoisotopic (exact) mass is 288 g/mol. The molecule has 1 aromatic heterocycles. The highest BCUT2D eigenvalue weighted by Crippen LogP contribution is 2.07. The molecular weight excluding hydrogens is 268 g/mol. The van der Waals surface area contributed by atoms with Crippen LogP contribution in [0.5, 0.6) is 0 Å². The maximum Gasteiger partial charge on any atom is 0.256 e. The SMILES string of the molecule is CC(CO)CCCNC(=O)c1c[nH]c2ccccc2c1=O. The smallest absolute Gasteiger partial charge is 0.256 e. The lowest BCUT2D eigenvalue weighted by molar-refractivity contribution is 0.0951. The number of para-hydroxylation sites is 1. The number of fused-ring (bicyclic) bond motifs is 1. The molecule has 1 amide bonds. The number of benzene rings is 1. The molecule has 0 radical (unpaired) electrons. The van der Waals surface area contributed by atoms with Crippen molar-refractivity contribution in [3.63, 3.8) is 0 Å². The van der Waals surface area contributed by atoms with Gasteiger partial charge in [0.15, 0.2) is 0 Å². The van der Waals surface area contributed by atoms with Crippen LogP contribution in [0.4, 0.5) is 0 Å². The zero-order chi connectivity index (χ0) is 15.2. The van der Waals surface area contributed by atoms with Crippen LogP contribution in [0.1, 0.15) is 30.1 Å². The lowest BCUT2D eigenvalue weighted by Crippen LogP contribution is -2.29. The third-order valence-corrected chi connectivity index (χ3v) is 3.50. The number of H-pyrrole nitrogens is 1. The lowest BCUT2D eigenvalue weighted by atomic mass is 10.1. The largest absolute Gasteiger partial charge is 0.396 e. The van der Waals surface area contributed by atoms with E-state index in [0.717, 1.165) is 18.4 Å². The van der Waals surface area contributed by atoms with Gasteiger partial charge in [-0.1, -0.05) is 19.1 Å². The standard InChI is InChI=1S/C16H20N2O3/c1-11(10-19)5-4-8-17-16(21)13-9-18-14-7-3-2-6-12(14)15(13)20/h2-3,6-7,9,11,19H,4-5,8,10H2,1H3,(H,17,21)(H,18,20). The summed E-state index contributed by atoms with van der Waals surface area (Å²) in [5.74, 6) is -0.135. The summed E-state index contributed by atoms with van der Waals surface area (Å²) in [7, 11) is 0. The predicted octanol–water partition coefficient (Wildman–Crippen LogP) is 1.67. The summed E-state index contributed by atoms with van der Waals surface area (Å²) in [6.07, 6.45) is 3.07. The van der Waals surface area contributed by atoms with Crippen molar-refractivity contribution in [2.75, 3.05) is 13.2 Å². The molecule has 1 unspecified atom stereocenters. The highest BCUT2D eigenvalue weighted by molar-refractivity contribution is 5.97. The number of pyridine rings is 1. The predicted molar refractivity (Wildman–Crippen MR) is 82.4 cm³/mol. The molecule has 0 fully saturated rings. The molecule has 3 N–H and O–H groups in total. The molecule has 0 aliphatic heterocycles. The number of carbonyl (C=O) groups excluding carboxylic acids is 1. The number of carbonyl (C=O) groups is 1. The third kappa shape index (κ3) is 3.70. The lowest BCUT2D eigenvalue weighted by Gasteiger charge is -2.08. The van der Waals surface area contributed by atoms with Gasteiger partial charge in [-0.3, -0.25) is 9.59 Å². The van der Waals surface area contributed by atoms with E-state index in [0.29, 0.717) is 11.9 Å². The molecule has 1 aromatic carbocycles. The Morgan fingerprint density at radius 1 is 1.38 bits per heavy atom. The molecule has 1 heterocycles. The van der Waals surface area contributed by atoms with Gasteiger partial charge in [-0.15, -0.1) is 0 Å². The van der Waals surface area contributed by atoms with E-state index in [1.165, 1.54) is 6.20 Å². The molecule has 0 aliphatic carbocycles. The third-order valence-electron chi connectivity index (χ3n) is 3.50. The van der Waals surface area contributed by atoms with Crippen molar-refractivity contribution in [3.8, 4) is 0 Å². The fourth-order valence-corrected chi connectivity index (χ4v) is 2.18. The van der Waals surface area contributed by atoms with E-state index in [4.69, 9.17) is 5.11 Å². The minimum atomic E-state index is -0.362. The minimum absolute atomic E-state index is 0.129. The van der Waals surface area contributed by atoms with Crippen LogP contribution in [0.25, 0.3) is 10.9 Å². The van der Waals surface area contributed by atoms with Gasteiger partial charge in [0.1, 0.15) is 5.56 Å². The van der Waals surface area contributed by atoms with Crippen molar-refractivity contribution in [2.45, 2.75) is 19.8 Å². The summed E-state index contributed by atoms with van der Waals surface area (Å²) < 4.78 is 0. The number of nitrogens with one attached hydrogen (secondary N) is 2. The van der Waals surface area contributed by atoms with E-state index < -0.39 is 0 Å². The van der Waals surface area contributed by atoms with E-state index in [1.54, 1.807) is 18.2 Å². The number of rotatable bonds is 6. The molecule has 0 saturated carbocycles. The van der Waals surface area contributed by atoms with Gasteiger partial charge in [-0.2, -0.15) is 0 Å². The Hall–Kier alpha value is -2.14. The molecular formula is C16H20N2O3. The first-order chi connectivity index (χ1) is 10.1. The molecule has 21 heavy (non-hydrogen) atoms.